The van der Waals surface area contributed by atoms with Crippen molar-refractivity contribution in [1.29, 1.82) is 0 Å². The number of carbonyl (C=O) groups excluding carboxylic acids is 5. The zero-order valence-corrected chi connectivity index (χ0v) is 28.4. The molecule has 0 saturated carbocycles. The Balaban J connectivity index is 3.33. The largest absolute Gasteiger partial charge is 0.464 e. The lowest BCUT2D eigenvalue weighted by Gasteiger charge is -2.28. The van der Waals surface area contributed by atoms with Gasteiger partial charge in [-0.25, -0.2) is 4.79 Å². The maximum Gasteiger partial charge on any atom is 0.334 e. The number of rotatable bonds is 14. The predicted octanol–water partition coefficient (Wildman–Crippen LogP) is 3.57. The summed E-state index contributed by atoms with van der Waals surface area (Å²) in [6.07, 6.45) is 0.732. The molecule has 0 bridgehead atoms. The topological polar surface area (TPSA) is 166 Å². The van der Waals surface area contributed by atoms with Crippen molar-refractivity contribution in [2.75, 3.05) is 30.3 Å². The zero-order valence-electron chi connectivity index (χ0n) is 21.9. The number of hydrogen-bond donors (Lipinski definition) is 4. The number of unbranched alkanes of at least 4 members (excludes halogenated alkanes) is 1. The molecule has 212 valence electrons. The number of Topliss-reactive ketones (excluding diaryl/α,β-unsaturated/α-hetero) is 1. The van der Waals surface area contributed by atoms with Gasteiger partial charge in [0.05, 0.1) is 27.1 Å². The molecule has 2 atom stereocenters. The second kappa shape index (κ2) is 16.2. The number of carbonyl (C=O) groups is 5. The first-order valence-corrected chi connectivity index (χ1v) is 15.0. The van der Waals surface area contributed by atoms with Gasteiger partial charge in [-0.2, -0.15) is 0 Å². The highest BCUT2D eigenvalue weighted by Crippen LogP contribution is 2.40. The number of amides is 2. The Morgan fingerprint density at radius 2 is 1.45 bits per heavy atom. The summed E-state index contributed by atoms with van der Waals surface area (Å²) in [4.78, 5) is 61.9. The highest BCUT2D eigenvalue weighted by atomic mass is 127. The van der Waals surface area contributed by atoms with Crippen LogP contribution in [0.5, 0.6) is 0 Å². The molecule has 14 heteroatoms. The molecule has 0 radical (unpaired) electrons. The third-order valence-corrected chi connectivity index (χ3v) is 8.40. The summed E-state index contributed by atoms with van der Waals surface area (Å²) in [6, 6.07) is 0. The van der Waals surface area contributed by atoms with E-state index in [1.807, 2.05) is 67.8 Å². The molecule has 2 amide bonds. The van der Waals surface area contributed by atoms with Crippen molar-refractivity contribution in [3.63, 3.8) is 0 Å². The van der Waals surface area contributed by atoms with Crippen LogP contribution in [-0.2, 0) is 28.7 Å². The fraction of sp³-hybridized carbons (Fsp3) is 0.542. The molecule has 0 saturated heterocycles. The summed E-state index contributed by atoms with van der Waals surface area (Å²) in [7, 11) is 0. The molecule has 11 nitrogen and oxygen atoms in total. The van der Waals surface area contributed by atoms with Crippen molar-refractivity contribution >= 4 is 109 Å². The van der Waals surface area contributed by atoms with E-state index in [0.717, 1.165) is 0 Å². The fourth-order valence-electron chi connectivity index (χ4n) is 3.51. The Bertz CT molecular complexity index is 1040. The Labute approximate surface area is 263 Å². The van der Waals surface area contributed by atoms with Crippen LogP contribution in [0.2, 0.25) is 0 Å². The van der Waals surface area contributed by atoms with E-state index in [2.05, 4.69) is 16.0 Å². The second-order valence-corrected chi connectivity index (χ2v) is 11.8. The van der Waals surface area contributed by atoms with Gasteiger partial charge in [0.25, 0.3) is 0 Å². The Morgan fingerprint density at radius 1 is 0.921 bits per heavy atom. The van der Waals surface area contributed by atoms with Crippen LogP contribution in [0.25, 0.3) is 0 Å². The number of anilines is 2. The molecule has 0 fully saturated rings. The molecule has 0 aliphatic heterocycles. The Kier molecular flexibility index (Phi) is 14.9. The molecule has 1 rings (SSSR count). The maximum absolute atomic E-state index is 14.0. The van der Waals surface area contributed by atoms with E-state index in [1.54, 1.807) is 13.8 Å². The number of hydrogen-bond acceptors (Lipinski definition) is 9. The number of benzene rings is 1. The maximum atomic E-state index is 14.0. The van der Waals surface area contributed by atoms with E-state index < -0.39 is 17.3 Å². The number of nitrogens with one attached hydrogen (secondary N) is 3. The molecular formula is C24H33I3N4O7. The summed E-state index contributed by atoms with van der Waals surface area (Å²) in [6.45, 7) is 8.45. The normalized spacial score (nSPS) is 13.2. The van der Waals surface area contributed by atoms with Crippen LogP contribution < -0.4 is 21.7 Å². The molecule has 0 aromatic heterocycles. The van der Waals surface area contributed by atoms with Gasteiger partial charge in [-0.15, -0.1) is 0 Å². The van der Waals surface area contributed by atoms with Crippen LogP contribution in [0, 0.1) is 10.7 Å². The van der Waals surface area contributed by atoms with Crippen molar-refractivity contribution in [2.24, 2.45) is 5.73 Å². The van der Waals surface area contributed by atoms with Crippen molar-refractivity contribution in [3.05, 3.63) is 16.3 Å². The second-order valence-electron chi connectivity index (χ2n) is 8.53. The number of ether oxygens (including phenoxy) is 2. The highest BCUT2D eigenvalue weighted by molar-refractivity contribution is 14.1. The predicted molar refractivity (Wildman–Crippen MR) is 169 cm³/mol. The van der Waals surface area contributed by atoms with Gasteiger partial charge in [0.1, 0.15) is 6.10 Å². The zero-order chi connectivity index (χ0) is 29.2. The van der Waals surface area contributed by atoms with E-state index in [1.165, 1.54) is 20.8 Å². The lowest BCUT2D eigenvalue weighted by Crippen LogP contribution is -2.56. The van der Waals surface area contributed by atoms with Gasteiger partial charge in [0.2, 0.25) is 11.8 Å². The first kappa shape index (κ1) is 34.9. The average molecular weight is 870 g/mol. The molecule has 0 heterocycles. The highest BCUT2D eigenvalue weighted by Gasteiger charge is 2.45. The molecule has 5 N–H and O–H groups in total. The standard InChI is InChI=1S/C24H33I3N4O7/c1-6-37-23(36)24(28,9-7-8-10-29-11-12(2)38-15(5)34)22(35)16-17(25)20(30-13(3)32)19(27)21(18(16)26)31-14(4)33/h12,29H,6-11,28H2,1-5H3,(H,30,32)(H,31,33)/t12?,24-/m1/s1. The molecule has 1 aromatic rings. The SMILES string of the molecule is CCOC(=O)[C@@](N)(CCCCNCC(C)OC(C)=O)C(=O)c1c(I)c(NC(C)=O)c(I)c(NC(C)=O)c1I. The Morgan fingerprint density at radius 3 is 1.89 bits per heavy atom. The third-order valence-electron chi connectivity index (χ3n) is 5.16. The quantitative estimate of drug-likeness (QED) is 0.0720. The first-order valence-electron chi connectivity index (χ1n) is 11.8. The van der Waals surface area contributed by atoms with Crippen molar-refractivity contribution < 1.29 is 33.4 Å². The summed E-state index contributed by atoms with van der Waals surface area (Å²) >= 11 is 5.85. The minimum Gasteiger partial charge on any atom is -0.464 e. The van der Waals surface area contributed by atoms with Gasteiger partial charge in [0.15, 0.2) is 11.3 Å². The van der Waals surface area contributed by atoms with Gasteiger partial charge in [-0.1, -0.05) is 0 Å². The molecule has 0 spiro atoms. The lowest BCUT2D eigenvalue weighted by molar-refractivity contribution is -0.148. The average Bonchev–Trinajstić information content (AvgIpc) is 2.80. The fourth-order valence-corrected chi connectivity index (χ4v) is 7.71. The minimum atomic E-state index is -1.99. The number of ketones is 1. The van der Waals surface area contributed by atoms with E-state index in [0.29, 0.717) is 48.0 Å². The van der Waals surface area contributed by atoms with Gasteiger partial charge in [-0.05, 0) is 107 Å². The van der Waals surface area contributed by atoms with E-state index in [-0.39, 0.29) is 42.5 Å². The van der Waals surface area contributed by atoms with E-state index in [4.69, 9.17) is 15.2 Å². The van der Waals surface area contributed by atoms with E-state index in [9.17, 15) is 24.0 Å². The van der Waals surface area contributed by atoms with E-state index >= 15 is 0 Å². The molecule has 0 aliphatic carbocycles. The van der Waals surface area contributed by atoms with Gasteiger partial charge >= 0.3 is 11.9 Å². The lowest BCUT2D eigenvalue weighted by atomic mass is 9.85. The minimum absolute atomic E-state index is 0.00886. The molecule has 1 aromatic carbocycles. The van der Waals surface area contributed by atoms with Crippen LogP contribution in [0.4, 0.5) is 11.4 Å². The van der Waals surface area contributed by atoms with Crippen molar-refractivity contribution in [1.82, 2.24) is 5.32 Å². The number of esters is 2. The van der Waals surface area contributed by atoms with Gasteiger partial charge in [-0.3, -0.25) is 19.2 Å². The molecule has 1 unspecified atom stereocenters. The Hall–Kier alpha value is -1.12. The number of halogens is 3. The van der Waals surface area contributed by atoms with Gasteiger partial charge < -0.3 is 31.2 Å². The van der Waals surface area contributed by atoms with Crippen LogP contribution in [0.1, 0.15) is 64.2 Å². The first-order chi connectivity index (χ1) is 17.7. The van der Waals surface area contributed by atoms with Gasteiger partial charge in [0, 0.05) is 34.5 Å². The summed E-state index contributed by atoms with van der Waals surface area (Å²) in [5.74, 6) is -2.61. The smallest absolute Gasteiger partial charge is 0.334 e. The van der Waals surface area contributed by atoms with Crippen molar-refractivity contribution in [3.8, 4) is 0 Å². The van der Waals surface area contributed by atoms with Crippen LogP contribution >= 0.6 is 67.8 Å². The van der Waals surface area contributed by atoms with Crippen LogP contribution in [0.15, 0.2) is 0 Å². The van der Waals surface area contributed by atoms with Crippen LogP contribution in [0.3, 0.4) is 0 Å². The molecule has 38 heavy (non-hydrogen) atoms. The summed E-state index contributed by atoms with van der Waals surface area (Å²) in [5, 5.41) is 8.59. The molecule has 0 aliphatic rings. The van der Waals surface area contributed by atoms with Crippen molar-refractivity contribution in [2.45, 2.75) is 65.5 Å². The molecular weight excluding hydrogens is 837 g/mol. The monoisotopic (exact) mass is 870 g/mol. The summed E-state index contributed by atoms with van der Waals surface area (Å²) in [5.41, 5.74) is 5.31. The van der Waals surface area contributed by atoms with Crippen LogP contribution in [-0.4, -0.2) is 60.9 Å². The number of nitrogens with two attached hydrogens (primary N) is 1. The summed E-state index contributed by atoms with van der Waals surface area (Å²) < 4.78 is 11.6. The third kappa shape index (κ3) is 9.81.